The average Bonchev–Trinajstić information content (AvgIpc) is 3.52. The number of esters is 1. The fourth-order valence-electron chi connectivity index (χ4n) is 11.0. The molecule has 2 heteroatoms. The molecule has 0 aromatic heterocycles. The van der Waals surface area contributed by atoms with Gasteiger partial charge in [0, 0.05) is 22.4 Å². The van der Waals surface area contributed by atoms with Gasteiger partial charge >= 0.3 is 5.97 Å². The van der Waals surface area contributed by atoms with Crippen molar-refractivity contribution in [1.82, 2.24) is 0 Å². The van der Waals surface area contributed by atoms with E-state index in [1.54, 1.807) is 0 Å². The van der Waals surface area contributed by atoms with E-state index in [0.29, 0.717) is 42.4 Å². The third-order valence-electron chi connectivity index (χ3n) is 13.9. The fraction of sp³-hybridized carbons (Fsp3) is 0.776. The number of ether oxygens (including phenoxy) is 1. The Morgan fingerprint density at radius 1 is 0.843 bits per heavy atom. The molecule has 0 spiro atoms. The molecule has 0 unspecified atom stereocenters. The van der Waals surface area contributed by atoms with E-state index in [9.17, 15) is 4.79 Å². The molecule has 0 N–H and O–H groups in total. The van der Waals surface area contributed by atoms with E-state index in [-0.39, 0.29) is 29.3 Å². The molecule has 0 amide bonds. The van der Waals surface area contributed by atoms with Gasteiger partial charge in [0.2, 0.25) is 0 Å². The first kappa shape index (κ1) is 32.6. The van der Waals surface area contributed by atoms with Crippen molar-refractivity contribution in [1.29, 1.82) is 0 Å². The van der Waals surface area contributed by atoms with Crippen LogP contribution in [0.1, 0.15) is 199 Å². The maximum atomic E-state index is 12.9. The van der Waals surface area contributed by atoms with Gasteiger partial charge in [0.05, 0.1) is 0 Å². The van der Waals surface area contributed by atoms with Crippen molar-refractivity contribution >= 4 is 5.97 Å². The van der Waals surface area contributed by atoms with Gasteiger partial charge in [-0.25, -0.2) is 0 Å². The Kier molecular flexibility index (Phi) is 13.9. The van der Waals surface area contributed by atoms with Gasteiger partial charge in [-0.3, -0.25) is 4.79 Å². The quantitative estimate of drug-likeness (QED) is 0.0636. The lowest BCUT2D eigenvalue weighted by atomic mass is 9.47. The molecular formula is C49H80O2. The molecule has 0 saturated heterocycles. The number of unbranched alkanes of at least 4 members (excludes halogenated alkanes) is 6. The Balaban J connectivity index is 1.13. The minimum Gasteiger partial charge on any atom is -0.462 e. The van der Waals surface area contributed by atoms with Gasteiger partial charge in [0.25, 0.3) is 0 Å². The molecular weight excluding hydrogens is 621 g/mol. The fourth-order valence-corrected chi connectivity index (χ4v) is 11.0. The third-order valence-corrected chi connectivity index (χ3v) is 13.9. The van der Waals surface area contributed by atoms with Crippen molar-refractivity contribution in [2.24, 2.45) is 46.3 Å². The molecule has 8 atom stereocenters. The first-order valence-corrected chi connectivity index (χ1v) is 21.5. The van der Waals surface area contributed by atoms with Crippen molar-refractivity contribution in [3.05, 3.63) is 60.3 Å². The third kappa shape index (κ3) is 12.4. The predicted octanol–water partition coefficient (Wildman–Crippen LogP) is 14.9. The molecule has 0 radical (unpaired) electrons. The molecule has 0 bridgehead atoms. The number of hydrogen-bond donors (Lipinski definition) is 0. The van der Waals surface area contributed by atoms with Crippen LogP contribution in [0.15, 0.2) is 60.3 Å². The summed E-state index contributed by atoms with van der Waals surface area (Å²) in [7, 11) is 0. The Hall–Kier alpha value is -1.83. The van der Waals surface area contributed by atoms with Gasteiger partial charge in [-0.2, -0.15) is 0 Å². The molecule has 0 aromatic rings. The van der Waals surface area contributed by atoms with E-state index in [4.69, 9.17) is 14.3 Å². The van der Waals surface area contributed by atoms with E-state index in [1.807, 2.05) is 0 Å². The predicted molar refractivity (Wildman–Crippen MR) is 221 cm³/mol. The first-order chi connectivity index (χ1) is 27.5. The molecule has 2 nitrogen and oxygen atoms in total. The lowest BCUT2D eigenvalue weighted by Crippen LogP contribution is -2.51. The van der Waals surface area contributed by atoms with Crippen LogP contribution in [0, 0.1) is 46.3 Å². The van der Waals surface area contributed by atoms with Crippen LogP contribution in [-0.2, 0) is 9.53 Å². The number of carbonyl (C=O) groups excluding carboxylic acids is 1. The minimum atomic E-state index is -2.84. The molecule has 0 aliphatic heterocycles. The summed E-state index contributed by atoms with van der Waals surface area (Å²) in [5.74, 6) is 0.418. The largest absolute Gasteiger partial charge is 0.462 e. The number of carbonyl (C=O) groups is 1. The summed E-state index contributed by atoms with van der Waals surface area (Å²) in [4.78, 5) is 12.9. The minimum absolute atomic E-state index is 0.00401. The van der Waals surface area contributed by atoms with Gasteiger partial charge < -0.3 is 4.74 Å². The molecule has 3 fully saturated rings. The molecule has 4 rings (SSSR count). The Bertz CT molecular complexity index is 1410. The van der Waals surface area contributed by atoms with Gasteiger partial charge in [-0.05, 0) is 143 Å². The van der Waals surface area contributed by atoms with Crippen molar-refractivity contribution < 1.29 is 19.1 Å². The summed E-state index contributed by atoms with van der Waals surface area (Å²) in [5, 5.41) is 0. The van der Waals surface area contributed by atoms with E-state index in [2.05, 4.69) is 82.4 Å². The molecule has 3 saturated carbocycles. The summed E-state index contributed by atoms with van der Waals surface area (Å²) in [6.07, 6.45) is 43.2. The molecule has 4 aliphatic carbocycles. The zero-order chi connectivity index (χ0) is 42.5. The zero-order valence-electron chi connectivity index (χ0n) is 40.2. The second-order valence-corrected chi connectivity index (χ2v) is 17.4. The van der Waals surface area contributed by atoms with Gasteiger partial charge in [-0.1, -0.05) is 140 Å². The molecule has 0 aromatic carbocycles. The molecule has 4 aliphatic rings. The monoisotopic (exact) mass is 708 g/mol. The Morgan fingerprint density at radius 3 is 2.22 bits per heavy atom. The Morgan fingerprint density at radius 2 is 1.53 bits per heavy atom. The highest BCUT2D eigenvalue weighted by atomic mass is 16.5. The van der Waals surface area contributed by atoms with Crippen molar-refractivity contribution in [2.75, 3.05) is 0 Å². The maximum absolute atomic E-state index is 12.9. The highest BCUT2D eigenvalue weighted by Crippen LogP contribution is 2.67. The van der Waals surface area contributed by atoms with Crippen molar-refractivity contribution in [3.63, 3.8) is 0 Å². The smallest absolute Gasteiger partial charge is 0.306 e. The Labute approximate surface area is 326 Å². The van der Waals surface area contributed by atoms with Gasteiger partial charge in [0.15, 0.2) is 0 Å². The number of fused-ring (bicyclic) bond motifs is 5. The van der Waals surface area contributed by atoms with Crippen LogP contribution in [0.2, 0.25) is 0 Å². The SMILES string of the molecule is [2H]C([2H])([2H])C([2H])(CCC[C@@H](C)[C@H]1CC[C@H]2[C@@H]3CC=C4C[C@@H](OC(=O)CCCCC/C=C/C/C=C/C/C=C/C/C=C/CCCCC)CC[C@]4(C)[C@H]3CC[C@]12C)C([2H])([2H])[2H]. The van der Waals surface area contributed by atoms with Crippen LogP contribution < -0.4 is 0 Å². The van der Waals surface area contributed by atoms with Gasteiger partial charge in [-0.15, -0.1) is 0 Å². The van der Waals surface area contributed by atoms with Crippen molar-refractivity contribution in [2.45, 2.75) is 195 Å². The van der Waals surface area contributed by atoms with E-state index < -0.39 is 19.6 Å². The summed E-state index contributed by atoms with van der Waals surface area (Å²) < 4.78 is 61.3. The number of rotatable bonds is 22. The average molecular weight is 708 g/mol. The van der Waals surface area contributed by atoms with E-state index in [0.717, 1.165) is 77.0 Å². The number of allylic oxidation sites excluding steroid dienone is 9. The van der Waals surface area contributed by atoms with Crippen LogP contribution in [0.4, 0.5) is 0 Å². The lowest BCUT2D eigenvalue weighted by molar-refractivity contribution is -0.151. The summed E-state index contributed by atoms with van der Waals surface area (Å²) in [6.45, 7) is 3.84. The van der Waals surface area contributed by atoms with Gasteiger partial charge in [0.1, 0.15) is 6.10 Å². The second-order valence-electron chi connectivity index (χ2n) is 17.4. The van der Waals surface area contributed by atoms with Crippen LogP contribution in [0.3, 0.4) is 0 Å². The number of hydrogen-bond acceptors (Lipinski definition) is 2. The van der Waals surface area contributed by atoms with Crippen LogP contribution in [0.5, 0.6) is 0 Å². The van der Waals surface area contributed by atoms with E-state index >= 15 is 0 Å². The second kappa shape index (κ2) is 21.8. The van der Waals surface area contributed by atoms with Crippen LogP contribution in [0.25, 0.3) is 0 Å². The first-order valence-electron chi connectivity index (χ1n) is 25.0. The van der Waals surface area contributed by atoms with E-state index in [1.165, 1.54) is 56.9 Å². The maximum Gasteiger partial charge on any atom is 0.306 e. The molecule has 288 valence electrons. The topological polar surface area (TPSA) is 26.3 Å². The highest BCUT2D eigenvalue weighted by molar-refractivity contribution is 5.69. The highest BCUT2D eigenvalue weighted by Gasteiger charge is 2.59. The lowest BCUT2D eigenvalue weighted by Gasteiger charge is -2.58. The normalized spacial score (nSPS) is 34.2. The summed E-state index contributed by atoms with van der Waals surface area (Å²) in [6, 6.07) is 0. The van der Waals surface area contributed by atoms with Crippen LogP contribution >= 0.6 is 0 Å². The summed E-state index contributed by atoms with van der Waals surface area (Å²) >= 11 is 0. The molecule has 0 heterocycles. The molecule has 51 heavy (non-hydrogen) atoms. The standard InChI is InChI=1S/C49H80O2/c1-7-8-9-10-11-12-13-14-15-16-17-18-19-20-21-22-23-24-25-29-47(50)51-42-34-36-48(5)41(38-42)30-31-43-45-33-32-44(40(4)28-26-27-39(2)3)49(45,6)37-35-46(43)48/h11-12,14-15,17-18,20-21,30,39-40,42-46H,7-10,13,16,19,22-29,31-38H2,1-6H3/b12-11+,15-14+,18-17+,21-20+/t40-,42+,43+,44-,45+,46+,48+,49-/m1/s1/i2D3,3D3,39D. The van der Waals surface area contributed by atoms with Crippen molar-refractivity contribution in [3.8, 4) is 0 Å². The summed E-state index contributed by atoms with van der Waals surface area (Å²) in [5.41, 5.74) is 1.92. The zero-order valence-corrected chi connectivity index (χ0v) is 33.2. The van der Waals surface area contributed by atoms with Crippen LogP contribution in [-0.4, -0.2) is 12.1 Å².